The molecule has 0 rings (SSSR count). The monoisotopic (exact) mass is 174 g/mol. The van der Waals surface area contributed by atoms with Gasteiger partial charge in [-0.1, -0.05) is 42.8 Å². The van der Waals surface area contributed by atoms with E-state index in [1.807, 2.05) is 0 Å². The van der Waals surface area contributed by atoms with E-state index in [0.29, 0.717) is 0 Å². The predicted octanol–water partition coefficient (Wildman–Crippen LogP) is 2.96. The van der Waals surface area contributed by atoms with Crippen molar-refractivity contribution < 1.29 is 4.39 Å². The van der Waals surface area contributed by atoms with Gasteiger partial charge in [0.2, 0.25) is 4.21 Å². The molecule has 0 spiro atoms. The zero-order valence-electron chi connectivity index (χ0n) is 5.13. The van der Waals surface area contributed by atoms with Gasteiger partial charge < -0.3 is 0 Å². The number of hydrogen-bond acceptors (Lipinski definition) is 0. The Morgan fingerprint density at radius 1 is 1.25 bits per heavy atom. The maximum Gasteiger partial charge on any atom is 0.237 e. The minimum atomic E-state index is -1.99. The highest BCUT2D eigenvalue weighted by Gasteiger charge is 2.40. The Balaban J connectivity index is 4.02. The molecule has 0 saturated heterocycles. The van der Waals surface area contributed by atoms with Crippen molar-refractivity contribution in [2.45, 2.75) is 23.9 Å². The molecule has 0 saturated carbocycles. The molecule has 0 N–H and O–H groups in total. The quantitative estimate of drug-likeness (QED) is 0.424. The second kappa shape index (κ2) is 2.16. The van der Waals surface area contributed by atoms with Crippen molar-refractivity contribution in [2.75, 3.05) is 0 Å². The number of alkyl halides is 3. The van der Waals surface area contributed by atoms with Crippen LogP contribution in [0.25, 0.3) is 0 Å². The third kappa shape index (κ3) is 2.33. The van der Waals surface area contributed by atoms with Crippen LogP contribution in [0.2, 0.25) is 19.6 Å². The summed E-state index contributed by atoms with van der Waals surface area (Å²) in [5.74, 6) is 0. The molecule has 50 valence electrons. The van der Waals surface area contributed by atoms with Gasteiger partial charge in [-0.15, -0.1) is 0 Å². The summed E-state index contributed by atoms with van der Waals surface area (Å²) < 4.78 is 10.5. The minimum Gasteiger partial charge on any atom is -0.213 e. The molecule has 4 heteroatoms. The first kappa shape index (κ1) is 8.73. The Labute approximate surface area is 60.0 Å². The van der Waals surface area contributed by atoms with Crippen molar-refractivity contribution in [1.82, 2.24) is 0 Å². The van der Waals surface area contributed by atoms with Gasteiger partial charge in [0.1, 0.15) is 8.07 Å². The molecule has 0 aliphatic heterocycles. The third-order valence-corrected chi connectivity index (χ3v) is 5.95. The van der Waals surface area contributed by atoms with E-state index in [1.165, 1.54) is 0 Å². The summed E-state index contributed by atoms with van der Waals surface area (Å²) in [5.41, 5.74) is 0. The molecule has 0 amide bonds. The molecule has 8 heavy (non-hydrogen) atoms. The van der Waals surface area contributed by atoms with Gasteiger partial charge in [-0.3, -0.25) is 0 Å². The van der Waals surface area contributed by atoms with E-state index in [4.69, 9.17) is 23.2 Å². The van der Waals surface area contributed by atoms with Crippen LogP contribution in [0.4, 0.5) is 4.39 Å². The first-order valence-electron chi connectivity index (χ1n) is 2.32. The van der Waals surface area contributed by atoms with Crippen LogP contribution >= 0.6 is 23.2 Å². The fraction of sp³-hybridized carbons (Fsp3) is 1.00. The molecular weight excluding hydrogens is 166 g/mol. The largest absolute Gasteiger partial charge is 0.237 e. The van der Waals surface area contributed by atoms with Crippen molar-refractivity contribution in [3.63, 3.8) is 0 Å². The Morgan fingerprint density at radius 2 is 1.38 bits per heavy atom. The smallest absolute Gasteiger partial charge is 0.213 e. The minimum absolute atomic E-state index is 1.77. The van der Waals surface area contributed by atoms with Crippen LogP contribution in [0.3, 0.4) is 0 Å². The lowest BCUT2D eigenvalue weighted by Crippen LogP contribution is -2.38. The first-order chi connectivity index (χ1) is 3.25. The fourth-order valence-electron chi connectivity index (χ4n) is 0. The number of halogens is 3. The van der Waals surface area contributed by atoms with E-state index in [0.717, 1.165) is 0 Å². The van der Waals surface area contributed by atoms with Gasteiger partial charge >= 0.3 is 0 Å². The average Bonchev–Trinajstić information content (AvgIpc) is 1.25. The summed E-state index contributed by atoms with van der Waals surface area (Å²) in [6.45, 7) is 5.31. The summed E-state index contributed by atoms with van der Waals surface area (Å²) >= 11 is 10.3. The van der Waals surface area contributed by atoms with Gasteiger partial charge in [-0.05, 0) is 0 Å². The molecule has 0 aliphatic rings. The van der Waals surface area contributed by atoms with Gasteiger partial charge in [0.25, 0.3) is 0 Å². The number of hydrogen-bond donors (Lipinski definition) is 0. The van der Waals surface area contributed by atoms with Crippen molar-refractivity contribution in [1.29, 1.82) is 0 Å². The van der Waals surface area contributed by atoms with E-state index < -0.39 is 12.3 Å². The lowest BCUT2D eigenvalue weighted by atomic mass is 11.7. The topological polar surface area (TPSA) is 0 Å². The molecule has 0 aromatic heterocycles. The van der Waals surface area contributed by atoms with Crippen molar-refractivity contribution in [2.24, 2.45) is 0 Å². The van der Waals surface area contributed by atoms with Gasteiger partial charge in [0.15, 0.2) is 0 Å². The fourth-order valence-corrected chi connectivity index (χ4v) is 0. The van der Waals surface area contributed by atoms with Crippen LogP contribution in [0.1, 0.15) is 0 Å². The summed E-state index contributed by atoms with van der Waals surface area (Å²) in [6.07, 6.45) is 0. The molecule has 0 atom stereocenters. The highest BCUT2D eigenvalue weighted by atomic mass is 35.5. The Kier molecular flexibility index (Phi) is 2.35. The second-order valence-electron chi connectivity index (χ2n) is 2.75. The van der Waals surface area contributed by atoms with E-state index in [1.54, 1.807) is 19.6 Å². The van der Waals surface area contributed by atoms with E-state index in [2.05, 4.69) is 0 Å². The van der Waals surface area contributed by atoms with Crippen LogP contribution in [0.15, 0.2) is 0 Å². The van der Waals surface area contributed by atoms with Crippen LogP contribution < -0.4 is 0 Å². The van der Waals surface area contributed by atoms with Crippen LogP contribution in [0.5, 0.6) is 0 Å². The maximum atomic E-state index is 12.5. The normalized spacial score (nSPS) is 14.2. The predicted molar refractivity (Wildman–Crippen MR) is 38.9 cm³/mol. The first-order valence-corrected chi connectivity index (χ1v) is 6.57. The average molecular weight is 175 g/mol. The molecule has 0 heterocycles. The van der Waals surface area contributed by atoms with Crippen LogP contribution in [-0.2, 0) is 0 Å². The van der Waals surface area contributed by atoms with Crippen molar-refractivity contribution in [3.05, 3.63) is 0 Å². The molecule has 0 unspecified atom stereocenters. The third-order valence-electron chi connectivity index (χ3n) is 0.850. The molecule has 0 aliphatic carbocycles. The van der Waals surface area contributed by atoms with E-state index in [-0.39, 0.29) is 0 Å². The summed E-state index contributed by atoms with van der Waals surface area (Å²) in [6, 6.07) is 0. The SMILES string of the molecule is C[Si](C)(C)C(F)(Cl)Cl. The van der Waals surface area contributed by atoms with E-state index in [9.17, 15) is 4.39 Å². The van der Waals surface area contributed by atoms with Gasteiger partial charge in [-0.25, -0.2) is 4.39 Å². The summed E-state index contributed by atoms with van der Waals surface area (Å²) in [4.78, 5) is 0. The standard InChI is InChI=1S/C4H9Cl2FSi/c1-8(2,3)4(5,6)7/h1-3H3. The lowest BCUT2D eigenvalue weighted by Gasteiger charge is -2.22. The Bertz CT molecular complexity index is 69.0. The molecule has 0 aromatic carbocycles. The molecule has 0 aromatic rings. The molecule has 0 nitrogen and oxygen atoms in total. The van der Waals surface area contributed by atoms with E-state index >= 15 is 0 Å². The highest BCUT2D eigenvalue weighted by Crippen LogP contribution is 2.33. The zero-order valence-corrected chi connectivity index (χ0v) is 7.65. The lowest BCUT2D eigenvalue weighted by molar-refractivity contribution is 0.489. The van der Waals surface area contributed by atoms with Gasteiger partial charge in [0.05, 0.1) is 0 Å². The van der Waals surface area contributed by atoms with Crippen molar-refractivity contribution in [3.8, 4) is 0 Å². The summed E-state index contributed by atoms with van der Waals surface area (Å²) in [5, 5.41) is 0. The van der Waals surface area contributed by atoms with Crippen molar-refractivity contribution >= 4 is 31.3 Å². The van der Waals surface area contributed by atoms with Crippen LogP contribution in [-0.4, -0.2) is 12.3 Å². The summed E-state index contributed by atoms with van der Waals surface area (Å²) in [7, 11) is -1.99. The molecular formula is C4H9Cl2FSi. The Hall–Kier alpha value is 0.727. The highest BCUT2D eigenvalue weighted by molar-refractivity contribution is 6.93. The van der Waals surface area contributed by atoms with Gasteiger partial charge in [-0.2, -0.15) is 0 Å². The maximum absolute atomic E-state index is 12.5. The van der Waals surface area contributed by atoms with Crippen LogP contribution in [0, 0.1) is 0 Å². The molecule has 0 radical (unpaired) electrons. The zero-order chi connectivity index (χ0) is 7.00. The number of rotatable bonds is 1. The molecule has 0 fully saturated rings. The van der Waals surface area contributed by atoms with Gasteiger partial charge in [0, 0.05) is 0 Å². The molecule has 0 bridgehead atoms. The second-order valence-corrected chi connectivity index (χ2v) is 9.81. The Morgan fingerprint density at radius 3 is 1.38 bits per heavy atom.